The topological polar surface area (TPSA) is 61.0 Å². The Balaban J connectivity index is 2.61. The van der Waals surface area contributed by atoms with Gasteiger partial charge in [0.25, 0.3) is 0 Å². The van der Waals surface area contributed by atoms with E-state index in [-0.39, 0.29) is 5.28 Å². The zero-order chi connectivity index (χ0) is 13.5. The molecule has 1 heterocycles. The Morgan fingerprint density at radius 3 is 2.67 bits per heavy atom. The SMILES string of the molecule is CCCCC(CC)COc1nc(Cl)nc(C)c1N. The van der Waals surface area contributed by atoms with Gasteiger partial charge in [-0.1, -0.05) is 33.1 Å². The molecule has 0 radical (unpaired) electrons. The Hall–Kier alpha value is -1.03. The summed E-state index contributed by atoms with van der Waals surface area (Å²) in [6, 6.07) is 0. The molecule has 0 spiro atoms. The molecule has 0 amide bonds. The predicted molar refractivity (Wildman–Crippen MR) is 75.0 cm³/mol. The molecule has 2 N–H and O–H groups in total. The van der Waals surface area contributed by atoms with E-state index in [0.29, 0.717) is 29.8 Å². The van der Waals surface area contributed by atoms with Gasteiger partial charge >= 0.3 is 0 Å². The molecule has 5 heteroatoms. The van der Waals surface area contributed by atoms with E-state index in [0.717, 1.165) is 6.42 Å². The number of unbranched alkanes of at least 4 members (excludes halogenated alkanes) is 1. The maximum absolute atomic E-state index is 5.87. The number of nitrogen functional groups attached to an aromatic ring is 1. The molecule has 4 nitrogen and oxygen atoms in total. The van der Waals surface area contributed by atoms with Crippen LogP contribution in [0.25, 0.3) is 0 Å². The van der Waals surface area contributed by atoms with Crippen molar-refractivity contribution in [2.75, 3.05) is 12.3 Å². The van der Waals surface area contributed by atoms with Gasteiger partial charge in [-0.15, -0.1) is 0 Å². The van der Waals surface area contributed by atoms with Gasteiger partial charge in [-0.3, -0.25) is 0 Å². The van der Waals surface area contributed by atoms with Crippen molar-refractivity contribution in [2.24, 2.45) is 5.92 Å². The van der Waals surface area contributed by atoms with Crippen molar-refractivity contribution in [3.8, 4) is 5.88 Å². The second-order valence-electron chi connectivity index (χ2n) is 4.52. The Morgan fingerprint density at radius 1 is 1.33 bits per heavy atom. The third kappa shape index (κ3) is 4.33. The fraction of sp³-hybridized carbons (Fsp3) is 0.692. The zero-order valence-corrected chi connectivity index (χ0v) is 12.1. The summed E-state index contributed by atoms with van der Waals surface area (Å²) in [5, 5.41) is 0.179. The molecule has 0 aromatic carbocycles. The minimum atomic E-state index is 0.179. The lowest BCUT2D eigenvalue weighted by Crippen LogP contribution is -2.13. The number of nitrogens with two attached hydrogens (primary N) is 1. The van der Waals surface area contributed by atoms with E-state index in [9.17, 15) is 0 Å². The van der Waals surface area contributed by atoms with Crippen molar-refractivity contribution < 1.29 is 4.74 Å². The zero-order valence-electron chi connectivity index (χ0n) is 11.4. The lowest BCUT2D eigenvalue weighted by atomic mass is 10.0. The van der Waals surface area contributed by atoms with E-state index in [1.54, 1.807) is 6.92 Å². The van der Waals surface area contributed by atoms with Gasteiger partial charge in [-0.2, -0.15) is 4.98 Å². The number of anilines is 1. The lowest BCUT2D eigenvalue weighted by Gasteiger charge is -2.16. The third-order valence-electron chi connectivity index (χ3n) is 3.07. The molecule has 0 bridgehead atoms. The van der Waals surface area contributed by atoms with Gasteiger partial charge in [0, 0.05) is 0 Å². The average Bonchev–Trinajstić information content (AvgIpc) is 2.35. The smallest absolute Gasteiger partial charge is 0.241 e. The van der Waals surface area contributed by atoms with Crippen molar-refractivity contribution in [3.05, 3.63) is 11.0 Å². The van der Waals surface area contributed by atoms with Crippen LogP contribution in [-0.2, 0) is 0 Å². The Kier molecular flexibility index (Phi) is 6.19. The normalized spacial score (nSPS) is 12.4. The second-order valence-corrected chi connectivity index (χ2v) is 4.86. The molecular weight excluding hydrogens is 250 g/mol. The fourth-order valence-corrected chi connectivity index (χ4v) is 1.93. The van der Waals surface area contributed by atoms with E-state index in [1.807, 2.05) is 0 Å². The van der Waals surface area contributed by atoms with E-state index in [4.69, 9.17) is 22.1 Å². The molecule has 0 saturated heterocycles. The first-order valence-electron chi connectivity index (χ1n) is 6.50. The third-order valence-corrected chi connectivity index (χ3v) is 3.24. The van der Waals surface area contributed by atoms with E-state index < -0.39 is 0 Å². The Labute approximate surface area is 114 Å². The molecule has 1 atom stereocenters. The second kappa shape index (κ2) is 7.41. The molecule has 0 fully saturated rings. The largest absolute Gasteiger partial charge is 0.476 e. The quantitative estimate of drug-likeness (QED) is 0.770. The van der Waals surface area contributed by atoms with Crippen LogP contribution in [0.3, 0.4) is 0 Å². The lowest BCUT2D eigenvalue weighted by molar-refractivity contribution is 0.226. The molecule has 1 aromatic rings. The minimum Gasteiger partial charge on any atom is -0.476 e. The van der Waals surface area contributed by atoms with Crippen LogP contribution in [-0.4, -0.2) is 16.6 Å². The highest BCUT2D eigenvalue weighted by Gasteiger charge is 2.12. The Bertz CT molecular complexity index is 385. The van der Waals surface area contributed by atoms with Gasteiger partial charge in [0.2, 0.25) is 11.2 Å². The Morgan fingerprint density at radius 2 is 2.06 bits per heavy atom. The van der Waals surface area contributed by atoms with Crippen LogP contribution in [0.2, 0.25) is 5.28 Å². The van der Waals surface area contributed by atoms with E-state index >= 15 is 0 Å². The highest BCUT2D eigenvalue weighted by Crippen LogP contribution is 2.24. The molecule has 1 rings (SSSR count). The van der Waals surface area contributed by atoms with Crippen LogP contribution in [0.5, 0.6) is 5.88 Å². The van der Waals surface area contributed by atoms with Gasteiger partial charge in [0.15, 0.2) is 0 Å². The highest BCUT2D eigenvalue weighted by molar-refractivity contribution is 6.28. The first kappa shape index (κ1) is 15.0. The van der Waals surface area contributed by atoms with Crippen molar-refractivity contribution in [3.63, 3.8) is 0 Å². The molecule has 1 unspecified atom stereocenters. The first-order chi connectivity index (χ1) is 8.58. The fourth-order valence-electron chi connectivity index (χ4n) is 1.73. The summed E-state index contributed by atoms with van der Waals surface area (Å²) in [5.41, 5.74) is 7.01. The summed E-state index contributed by atoms with van der Waals surface area (Å²) in [6.45, 7) is 6.79. The van der Waals surface area contributed by atoms with Crippen molar-refractivity contribution in [1.82, 2.24) is 9.97 Å². The number of hydrogen-bond donors (Lipinski definition) is 1. The van der Waals surface area contributed by atoms with Gasteiger partial charge in [-0.25, -0.2) is 4.98 Å². The summed E-state index contributed by atoms with van der Waals surface area (Å²) >= 11 is 5.80. The van der Waals surface area contributed by atoms with Crippen LogP contribution >= 0.6 is 11.6 Å². The number of ether oxygens (including phenoxy) is 1. The van der Waals surface area contributed by atoms with E-state index in [1.165, 1.54) is 19.3 Å². The van der Waals surface area contributed by atoms with E-state index in [2.05, 4.69) is 23.8 Å². The van der Waals surface area contributed by atoms with Gasteiger partial charge in [0.05, 0.1) is 12.3 Å². The van der Waals surface area contributed by atoms with Crippen LogP contribution in [0, 0.1) is 12.8 Å². The summed E-state index contributed by atoms with van der Waals surface area (Å²) in [5.74, 6) is 0.945. The predicted octanol–water partition coefficient (Wildman–Crippen LogP) is 3.62. The number of nitrogens with zero attached hydrogens (tertiary/aromatic N) is 2. The van der Waals surface area contributed by atoms with Crippen LogP contribution in [0.4, 0.5) is 5.69 Å². The average molecular weight is 272 g/mol. The summed E-state index contributed by atoms with van der Waals surface area (Å²) in [7, 11) is 0. The summed E-state index contributed by atoms with van der Waals surface area (Å²) in [4.78, 5) is 8.01. The first-order valence-corrected chi connectivity index (χ1v) is 6.88. The van der Waals surface area contributed by atoms with Crippen molar-refractivity contribution in [1.29, 1.82) is 0 Å². The van der Waals surface area contributed by atoms with Gasteiger partial charge < -0.3 is 10.5 Å². The molecule has 18 heavy (non-hydrogen) atoms. The summed E-state index contributed by atoms with van der Waals surface area (Å²) < 4.78 is 5.69. The minimum absolute atomic E-state index is 0.179. The van der Waals surface area contributed by atoms with Crippen molar-refractivity contribution >= 4 is 17.3 Å². The monoisotopic (exact) mass is 271 g/mol. The molecule has 0 saturated carbocycles. The number of aryl methyl sites for hydroxylation is 1. The van der Waals surface area contributed by atoms with Gasteiger partial charge in [-0.05, 0) is 30.9 Å². The number of rotatable bonds is 7. The summed E-state index contributed by atoms with van der Waals surface area (Å²) in [6.07, 6.45) is 4.69. The molecule has 102 valence electrons. The molecule has 0 aliphatic rings. The van der Waals surface area contributed by atoms with Crippen LogP contribution < -0.4 is 10.5 Å². The standard InChI is InChI=1S/C13H22ClN3O/c1-4-6-7-10(5-2)8-18-12-11(15)9(3)16-13(14)17-12/h10H,4-8,15H2,1-3H3. The molecule has 0 aliphatic heterocycles. The number of halogens is 1. The molecule has 0 aliphatic carbocycles. The number of hydrogen-bond acceptors (Lipinski definition) is 4. The molecular formula is C13H22ClN3O. The number of aromatic nitrogens is 2. The maximum Gasteiger partial charge on any atom is 0.241 e. The van der Waals surface area contributed by atoms with Crippen molar-refractivity contribution in [2.45, 2.75) is 46.5 Å². The maximum atomic E-state index is 5.87. The van der Waals surface area contributed by atoms with Crippen LogP contribution in [0.1, 0.15) is 45.2 Å². The molecule has 1 aromatic heterocycles. The van der Waals surface area contributed by atoms with Crippen LogP contribution in [0.15, 0.2) is 0 Å². The van der Waals surface area contributed by atoms with Gasteiger partial charge in [0.1, 0.15) is 5.69 Å². The highest BCUT2D eigenvalue weighted by atomic mass is 35.5.